The van der Waals surface area contributed by atoms with Crippen LogP contribution in [0.3, 0.4) is 0 Å². The van der Waals surface area contributed by atoms with Gasteiger partial charge >= 0.3 is 0 Å². The molecule has 3 unspecified atom stereocenters. The van der Waals surface area contributed by atoms with Crippen LogP contribution >= 0.6 is 11.8 Å². The fraction of sp³-hybridized carbons (Fsp3) is 1.00. The van der Waals surface area contributed by atoms with Gasteiger partial charge in [0.25, 0.3) is 0 Å². The number of hydrogen-bond acceptors (Lipinski definition) is 3. The Hall–Kier alpha value is 0.270. The van der Waals surface area contributed by atoms with Crippen molar-refractivity contribution in [2.24, 2.45) is 5.92 Å². The molecule has 0 aromatic carbocycles. The average Bonchev–Trinajstić information content (AvgIpc) is 2.75. The molecule has 1 N–H and O–H groups in total. The standard InChI is InChI=1S/C12H25NOS/c1-4-13-12(10(2)7-8-14-3)11-6-5-9-15-11/h10-13H,4-9H2,1-3H3. The highest BCUT2D eigenvalue weighted by Gasteiger charge is 2.28. The maximum atomic E-state index is 5.17. The number of methoxy groups -OCH3 is 1. The molecule has 0 saturated carbocycles. The van der Waals surface area contributed by atoms with Crippen molar-refractivity contribution in [3.63, 3.8) is 0 Å². The lowest BCUT2D eigenvalue weighted by Crippen LogP contribution is -2.42. The molecule has 0 aromatic heterocycles. The lowest BCUT2D eigenvalue weighted by molar-refractivity contribution is 0.169. The van der Waals surface area contributed by atoms with Crippen LogP contribution < -0.4 is 5.32 Å². The van der Waals surface area contributed by atoms with Gasteiger partial charge in [-0.25, -0.2) is 0 Å². The summed E-state index contributed by atoms with van der Waals surface area (Å²) in [6.07, 6.45) is 3.96. The fourth-order valence-corrected chi connectivity index (χ4v) is 3.85. The van der Waals surface area contributed by atoms with Gasteiger partial charge in [0.1, 0.15) is 0 Å². The van der Waals surface area contributed by atoms with Gasteiger partial charge in [0.15, 0.2) is 0 Å². The Kier molecular flexibility index (Phi) is 6.69. The highest BCUT2D eigenvalue weighted by atomic mass is 32.2. The maximum absolute atomic E-state index is 5.17. The zero-order valence-electron chi connectivity index (χ0n) is 10.3. The van der Waals surface area contributed by atoms with Crippen LogP contribution in [-0.4, -0.2) is 37.3 Å². The molecule has 0 radical (unpaired) electrons. The Bertz CT molecular complexity index is 160. The van der Waals surface area contributed by atoms with Crippen molar-refractivity contribution in [1.29, 1.82) is 0 Å². The minimum atomic E-state index is 0.678. The van der Waals surface area contributed by atoms with Crippen molar-refractivity contribution in [3.05, 3.63) is 0 Å². The van der Waals surface area contributed by atoms with Crippen molar-refractivity contribution in [2.75, 3.05) is 26.0 Å². The quantitative estimate of drug-likeness (QED) is 0.727. The first kappa shape index (κ1) is 13.3. The Morgan fingerprint density at radius 3 is 2.87 bits per heavy atom. The molecule has 1 saturated heterocycles. The lowest BCUT2D eigenvalue weighted by Gasteiger charge is -2.29. The molecule has 15 heavy (non-hydrogen) atoms. The molecule has 0 aliphatic carbocycles. The van der Waals surface area contributed by atoms with E-state index in [9.17, 15) is 0 Å². The highest BCUT2D eigenvalue weighted by Crippen LogP contribution is 2.32. The van der Waals surface area contributed by atoms with Crippen LogP contribution in [0.15, 0.2) is 0 Å². The molecule has 0 spiro atoms. The molecular formula is C12H25NOS. The summed E-state index contributed by atoms with van der Waals surface area (Å²) < 4.78 is 5.17. The van der Waals surface area contributed by atoms with Gasteiger partial charge in [0.2, 0.25) is 0 Å². The van der Waals surface area contributed by atoms with E-state index < -0.39 is 0 Å². The van der Waals surface area contributed by atoms with Crippen molar-refractivity contribution < 1.29 is 4.74 Å². The van der Waals surface area contributed by atoms with E-state index in [1.165, 1.54) is 25.0 Å². The molecule has 3 heteroatoms. The summed E-state index contributed by atoms with van der Waals surface area (Å²) in [7, 11) is 1.79. The Morgan fingerprint density at radius 2 is 2.33 bits per heavy atom. The normalized spacial score (nSPS) is 25.4. The fourth-order valence-electron chi connectivity index (χ4n) is 2.30. The topological polar surface area (TPSA) is 21.3 Å². The minimum absolute atomic E-state index is 0.678. The molecule has 1 heterocycles. The van der Waals surface area contributed by atoms with E-state index in [-0.39, 0.29) is 0 Å². The molecule has 1 aliphatic heterocycles. The van der Waals surface area contributed by atoms with Gasteiger partial charge < -0.3 is 10.1 Å². The summed E-state index contributed by atoms with van der Waals surface area (Å²) in [5.74, 6) is 2.07. The van der Waals surface area contributed by atoms with Gasteiger partial charge in [-0.1, -0.05) is 13.8 Å². The van der Waals surface area contributed by atoms with Crippen LogP contribution in [0.4, 0.5) is 0 Å². The smallest absolute Gasteiger partial charge is 0.0465 e. The third-order valence-corrected chi connectivity index (χ3v) is 4.68. The number of hydrogen-bond donors (Lipinski definition) is 1. The second kappa shape index (κ2) is 7.53. The zero-order chi connectivity index (χ0) is 11.1. The third kappa shape index (κ3) is 4.33. The van der Waals surface area contributed by atoms with Crippen LogP contribution in [0, 0.1) is 5.92 Å². The predicted molar refractivity (Wildman–Crippen MR) is 68.6 cm³/mol. The highest BCUT2D eigenvalue weighted by molar-refractivity contribution is 8.00. The molecular weight excluding hydrogens is 206 g/mol. The number of nitrogens with one attached hydrogen (secondary N) is 1. The van der Waals surface area contributed by atoms with Crippen LogP contribution in [0.5, 0.6) is 0 Å². The van der Waals surface area contributed by atoms with Gasteiger partial charge in [0, 0.05) is 25.0 Å². The zero-order valence-corrected chi connectivity index (χ0v) is 11.1. The van der Waals surface area contributed by atoms with Crippen LogP contribution in [0.2, 0.25) is 0 Å². The SMILES string of the molecule is CCNC(C(C)CCOC)C1CCCS1. The Labute approximate surface area is 98.5 Å². The van der Waals surface area contributed by atoms with E-state index >= 15 is 0 Å². The average molecular weight is 231 g/mol. The van der Waals surface area contributed by atoms with Gasteiger partial charge in [-0.05, 0) is 37.5 Å². The lowest BCUT2D eigenvalue weighted by atomic mass is 9.93. The van der Waals surface area contributed by atoms with Gasteiger partial charge in [0.05, 0.1) is 0 Å². The van der Waals surface area contributed by atoms with E-state index in [0.717, 1.165) is 24.3 Å². The first-order valence-corrected chi connectivity index (χ1v) is 7.18. The van der Waals surface area contributed by atoms with E-state index in [2.05, 4.69) is 30.9 Å². The molecule has 0 amide bonds. The first-order valence-electron chi connectivity index (χ1n) is 6.13. The largest absolute Gasteiger partial charge is 0.385 e. The summed E-state index contributed by atoms with van der Waals surface area (Å²) in [6.45, 7) is 6.53. The number of thioether (sulfide) groups is 1. The number of rotatable bonds is 7. The molecule has 0 bridgehead atoms. The molecule has 90 valence electrons. The predicted octanol–water partition coefficient (Wildman–Crippen LogP) is 2.53. The molecule has 1 fully saturated rings. The minimum Gasteiger partial charge on any atom is -0.385 e. The summed E-state index contributed by atoms with van der Waals surface area (Å²) >= 11 is 2.15. The summed E-state index contributed by atoms with van der Waals surface area (Å²) in [6, 6.07) is 0.678. The van der Waals surface area contributed by atoms with Crippen LogP contribution in [0.25, 0.3) is 0 Å². The second-order valence-electron chi connectivity index (χ2n) is 4.39. The van der Waals surface area contributed by atoms with Crippen molar-refractivity contribution >= 4 is 11.8 Å². The molecule has 1 aliphatic rings. The Balaban J connectivity index is 2.39. The maximum Gasteiger partial charge on any atom is 0.0465 e. The molecule has 2 nitrogen and oxygen atoms in total. The van der Waals surface area contributed by atoms with E-state index in [1.807, 2.05) is 0 Å². The summed E-state index contributed by atoms with van der Waals surface area (Å²) in [4.78, 5) is 0. The van der Waals surface area contributed by atoms with Gasteiger partial charge in [-0.15, -0.1) is 0 Å². The first-order chi connectivity index (χ1) is 7.29. The van der Waals surface area contributed by atoms with Gasteiger partial charge in [-0.3, -0.25) is 0 Å². The summed E-state index contributed by atoms with van der Waals surface area (Å²) in [5, 5.41) is 4.49. The van der Waals surface area contributed by atoms with Gasteiger partial charge in [-0.2, -0.15) is 11.8 Å². The summed E-state index contributed by atoms with van der Waals surface area (Å²) in [5.41, 5.74) is 0. The van der Waals surface area contributed by atoms with Crippen molar-refractivity contribution in [2.45, 2.75) is 44.4 Å². The van der Waals surface area contributed by atoms with Crippen LogP contribution in [0.1, 0.15) is 33.1 Å². The van der Waals surface area contributed by atoms with E-state index in [0.29, 0.717) is 6.04 Å². The van der Waals surface area contributed by atoms with Crippen molar-refractivity contribution in [3.8, 4) is 0 Å². The van der Waals surface area contributed by atoms with Crippen molar-refractivity contribution in [1.82, 2.24) is 5.32 Å². The molecule has 1 rings (SSSR count). The third-order valence-electron chi connectivity index (χ3n) is 3.20. The molecule has 0 aromatic rings. The van der Waals surface area contributed by atoms with E-state index in [4.69, 9.17) is 4.74 Å². The number of ether oxygens (including phenoxy) is 1. The Morgan fingerprint density at radius 1 is 1.53 bits per heavy atom. The second-order valence-corrected chi connectivity index (χ2v) is 5.74. The van der Waals surface area contributed by atoms with Crippen LogP contribution in [-0.2, 0) is 4.74 Å². The monoisotopic (exact) mass is 231 g/mol. The van der Waals surface area contributed by atoms with E-state index in [1.54, 1.807) is 7.11 Å². The molecule has 3 atom stereocenters.